The van der Waals surface area contributed by atoms with Crippen LogP contribution in [0.5, 0.6) is 11.5 Å². The molecule has 12 nitrogen and oxygen atoms in total. The number of likely N-dealkylation sites (tertiary alicyclic amines) is 1. The first kappa shape index (κ1) is 27.5. The zero-order valence-electron chi connectivity index (χ0n) is 21.8. The van der Waals surface area contributed by atoms with Crippen LogP contribution >= 0.6 is 0 Å². The van der Waals surface area contributed by atoms with Gasteiger partial charge in [0.25, 0.3) is 5.91 Å². The fraction of sp³-hybridized carbons (Fsp3) is 0.407. The number of amides is 2. The molecule has 2 aromatic rings. The molecule has 0 aromatic heterocycles. The van der Waals surface area contributed by atoms with Gasteiger partial charge in [-0.25, -0.2) is 4.39 Å². The highest BCUT2D eigenvalue weighted by molar-refractivity contribution is 6.25. The number of nitrogens with two attached hydrogens (primary N) is 1. The van der Waals surface area contributed by atoms with Crippen molar-refractivity contribution >= 4 is 39.8 Å². The number of anilines is 1. The molecule has 1 unspecified atom stereocenters. The van der Waals surface area contributed by atoms with Gasteiger partial charge in [-0.15, -0.1) is 0 Å². The van der Waals surface area contributed by atoms with Crippen LogP contribution in [-0.2, 0) is 20.8 Å². The summed E-state index contributed by atoms with van der Waals surface area (Å²) >= 11 is 0. The predicted molar refractivity (Wildman–Crippen MR) is 139 cm³/mol. The third-order valence-electron chi connectivity index (χ3n) is 8.09. The SMILES string of the molecule is CN(C)C1C(=O)C(C(N)=O)=C(O)[C@@]2(O)C(=O)c3c(cc4c(F)cc(NC(=O)CN5CCCC5)c(O)c4c3O)C[C@@H]12. The third-order valence-corrected chi connectivity index (χ3v) is 8.09. The predicted octanol–water partition coefficient (Wildman–Crippen LogP) is 0.321. The van der Waals surface area contributed by atoms with Gasteiger partial charge in [0.05, 0.1) is 29.2 Å². The number of ketones is 2. The summed E-state index contributed by atoms with van der Waals surface area (Å²) in [6, 6.07) is 0.825. The van der Waals surface area contributed by atoms with E-state index in [1.807, 2.05) is 4.90 Å². The molecule has 2 amide bonds. The van der Waals surface area contributed by atoms with Gasteiger partial charge in [0.2, 0.25) is 11.7 Å². The first-order valence-corrected chi connectivity index (χ1v) is 12.7. The third kappa shape index (κ3) is 3.92. The maximum absolute atomic E-state index is 15.3. The van der Waals surface area contributed by atoms with E-state index in [1.165, 1.54) is 25.1 Å². The van der Waals surface area contributed by atoms with Crippen LogP contribution in [0.3, 0.4) is 0 Å². The quantitative estimate of drug-likeness (QED) is 0.221. The molecule has 3 aliphatic rings. The molecule has 7 N–H and O–H groups in total. The zero-order chi connectivity index (χ0) is 29.3. The molecule has 212 valence electrons. The highest BCUT2D eigenvalue weighted by Crippen LogP contribution is 2.50. The molecule has 1 aliphatic heterocycles. The fourth-order valence-electron chi connectivity index (χ4n) is 6.24. The summed E-state index contributed by atoms with van der Waals surface area (Å²) in [6.07, 6.45) is 1.59. The molecule has 40 heavy (non-hydrogen) atoms. The van der Waals surface area contributed by atoms with Gasteiger partial charge in [0.15, 0.2) is 17.1 Å². The van der Waals surface area contributed by atoms with Gasteiger partial charge in [-0.3, -0.25) is 29.0 Å². The Morgan fingerprint density at radius 2 is 1.80 bits per heavy atom. The van der Waals surface area contributed by atoms with Crippen LogP contribution in [-0.4, -0.2) is 99.0 Å². The molecule has 0 bridgehead atoms. The van der Waals surface area contributed by atoms with Crippen molar-refractivity contribution in [3.63, 3.8) is 0 Å². The Bertz CT molecular complexity index is 1530. The van der Waals surface area contributed by atoms with Crippen molar-refractivity contribution < 1.29 is 44.0 Å². The molecule has 0 saturated carbocycles. The summed E-state index contributed by atoms with van der Waals surface area (Å²) < 4.78 is 15.3. The number of Topliss-reactive ketones (excluding diaryl/α,β-unsaturated/α-hetero) is 2. The number of nitrogens with zero attached hydrogens (tertiary/aromatic N) is 2. The number of aliphatic hydroxyl groups is 2. The minimum atomic E-state index is -2.83. The van der Waals surface area contributed by atoms with Gasteiger partial charge in [0.1, 0.15) is 22.9 Å². The van der Waals surface area contributed by atoms with E-state index >= 15 is 4.39 Å². The Morgan fingerprint density at radius 1 is 1.15 bits per heavy atom. The second-order valence-electron chi connectivity index (χ2n) is 10.7. The average Bonchev–Trinajstić information content (AvgIpc) is 3.37. The van der Waals surface area contributed by atoms with Gasteiger partial charge in [0, 0.05) is 17.4 Å². The Balaban J connectivity index is 1.66. The first-order chi connectivity index (χ1) is 18.8. The second-order valence-corrected chi connectivity index (χ2v) is 10.7. The monoisotopic (exact) mass is 556 g/mol. The van der Waals surface area contributed by atoms with Crippen molar-refractivity contribution in [2.75, 3.05) is 39.0 Å². The highest BCUT2D eigenvalue weighted by atomic mass is 19.1. The number of nitrogens with one attached hydrogen (secondary N) is 1. The molecule has 2 aromatic carbocycles. The Labute approximate surface area is 227 Å². The van der Waals surface area contributed by atoms with Crippen molar-refractivity contribution in [3.8, 4) is 11.5 Å². The van der Waals surface area contributed by atoms with Crippen molar-refractivity contribution in [1.29, 1.82) is 0 Å². The van der Waals surface area contributed by atoms with E-state index in [0.717, 1.165) is 32.0 Å². The number of hydrogen-bond donors (Lipinski definition) is 6. The van der Waals surface area contributed by atoms with Crippen LogP contribution in [0.4, 0.5) is 10.1 Å². The Morgan fingerprint density at radius 3 is 2.40 bits per heavy atom. The first-order valence-electron chi connectivity index (χ1n) is 12.7. The lowest BCUT2D eigenvalue weighted by atomic mass is 9.62. The molecule has 1 saturated heterocycles. The molecule has 13 heteroatoms. The minimum Gasteiger partial charge on any atom is -0.508 e. The van der Waals surface area contributed by atoms with E-state index in [0.29, 0.717) is 0 Å². The summed E-state index contributed by atoms with van der Waals surface area (Å²) in [7, 11) is 2.94. The topological polar surface area (TPSA) is 194 Å². The molecule has 0 spiro atoms. The van der Waals surface area contributed by atoms with Gasteiger partial charge in [-0.1, -0.05) is 0 Å². The van der Waals surface area contributed by atoms with Crippen LogP contribution in [0.2, 0.25) is 0 Å². The number of rotatable bonds is 5. The van der Waals surface area contributed by atoms with E-state index in [9.17, 15) is 39.6 Å². The lowest BCUT2D eigenvalue weighted by Gasteiger charge is -2.47. The molecule has 3 atom stereocenters. The van der Waals surface area contributed by atoms with Gasteiger partial charge < -0.3 is 31.5 Å². The molecule has 2 aliphatic carbocycles. The van der Waals surface area contributed by atoms with Crippen LogP contribution in [0, 0.1) is 11.7 Å². The number of fused-ring (bicyclic) bond motifs is 3. The lowest BCUT2D eigenvalue weighted by Crippen LogP contribution is -2.64. The zero-order valence-corrected chi connectivity index (χ0v) is 21.8. The van der Waals surface area contributed by atoms with E-state index in [1.54, 1.807) is 0 Å². The highest BCUT2D eigenvalue weighted by Gasteiger charge is 2.62. The van der Waals surface area contributed by atoms with Gasteiger partial charge in [-0.05, 0) is 58.1 Å². The number of carbonyl (C=O) groups excluding carboxylic acids is 4. The number of benzene rings is 2. The van der Waals surface area contributed by atoms with Crippen molar-refractivity contribution in [1.82, 2.24) is 9.80 Å². The van der Waals surface area contributed by atoms with Crippen LogP contribution < -0.4 is 11.1 Å². The Kier molecular flexibility index (Phi) is 6.56. The number of primary amides is 1. The van der Waals surface area contributed by atoms with E-state index < -0.39 is 80.5 Å². The van der Waals surface area contributed by atoms with E-state index in [-0.39, 0.29) is 29.6 Å². The normalized spacial score (nSPS) is 24.9. The molecule has 5 rings (SSSR count). The molecular formula is C27H29FN4O8. The number of halogens is 1. The van der Waals surface area contributed by atoms with Gasteiger partial charge >= 0.3 is 0 Å². The minimum absolute atomic E-state index is 0.0156. The number of likely N-dealkylation sites (N-methyl/N-ethyl adjacent to an activating group) is 1. The standard InChI is InChI=1S/C27H29FN4O8/c1-31(2)20-13-8-11-7-12-14(28)9-15(30-16(33)10-32-5-3-4-6-32)21(34)18(12)22(35)17(11)24(37)27(13,40)25(38)19(23(20)36)26(29)39/h7,9,13,20,34-35,38,40H,3-6,8,10H2,1-2H3,(H2,29,39)(H,30,33)/t13-,20?,27-/m0/s1. The number of aliphatic hydroxyl groups excluding tert-OH is 1. The van der Waals surface area contributed by atoms with E-state index in [2.05, 4.69) is 5.32 Å². The number of hydrogen-bond acceptors (Lipinski definition) is 10. The van der Waals surface area contributed by atoms with Crippen LogP contribution in [0.25, 0.3) is 10.8 Å². The number of aromatic hydroxyl groups is 2. The molecular weight excluding hydrogens is 527 g/mol. The molecule has 1 heterocycles. The smallest absolute Gasteiger partial charge is 0.255 e. The maximum Gasteiger partial charge on any atom is 0.255 e. The van der Waals surface area contributed by atoms with Gasteiger partial charge in [-0.2, -0.15) is 0 Å². The van der Waals surface area contributed by atoms with Crippen LogP contribution in [0.15, 0.2) is 23.5 Å². The summed E-state index contributed by atoms with van der Waals surface area (Å²) in [6.45, 7) is 1.47. The number of phenolic OH excluding ortho intramolecular Hbond substituents is 2. The fourth-order valence-corrected chi connectivity index (χ4v) is 6.24. The molecule has 1 fully saturated rings. The lowest BCUT2D eigenvalue weighted by molar-refractivity contribution is -0.132. The summed E-state index contributed by atoms with van der Waals surface area (Å²) in [5, 5.41) is 46.3. The van der Waals surface area contributed by atoms with Crippen molar-refractivity contribution in [2.24, 2.45) is 11.7 Å². The largest absolute Gasteiger partial charge is 0.508 e. The number of phenols is 2. The maximum atomic E-state index is 15.3. The van der Waals surface area contributed by atoms with Crippen molar-refractivity contribution in [3.05, 3.63) is 40.4 Å². The van der Waals surface area contributed by atoms with Crippen molar-refractivity contribution in [2.45, 2.75) is 30.9 Å². The summed E-state index contributed by atoms with van der Waals surface area (Å²) in [5.41, 5.74) is 0.701. The average molecular weight is 557 g/mol. The Hall–Kier alpha value is -4.07. The number of carbonyl (C=O) groups is 4. The second kappa shape index (κ2) is 9.54. The molecule has 0 radical (unpaired) electrons. The van der Waals surface area contributed by atoms with Crippen LogP contribution in [0.1, 0.15) is 28.8 Å². The summed E-state index contributed by atoms with van der Waals surface area (Å²) in [5.74, 6) is -9.12. The van der Waals surface area contributed by atoms with E-state index in [4.69, 9.17) is 5.73 Å². The summed E-state index contributed by atoms with van der Waals surface area (Å²) in [4.78, 5) is 54.7.